The average molecular weight is 248 g/mol. The number of ether oxygens (including phenoxy) is 1. The third kappa shape index (κ3) is 3.03. The molecule has 1 heterocycles. The average Bonchev–Trinajstić information content (AvgIpc) is 2.40. The monoisotopic (exact) mass is 248 g/mol. The van der Waals surface area contributed by atoms with E-state index in [-0.39, 0.29) is 0 Å². The van der Waals surface area contributed by atoms with Crippen molar-refractivity contribution in [2.24, 2.45) is 11.7 Å². The standard InChI is InChI=1S/C15H24N2O/c1-12-5-4-8-17(11-12)15(10-16)13-6-3-7-14(9-13)18-2/h3,6-7,9,12,15H,4-5,8,10-11,16H2,1-2H3. The van der Waals surface area contributed by atoms with E-state index in [1.165, 1.54) is 18.4 Å². The molecule has 0 radical (unpaired) electrons. The zero-order chi connectivity index (χ0) is 13.0. The molecule has 1 aliphatic heterocycles. The molecule has 1 aromatic carbocycles. The van der Waals surface area contributed by atoms with E-state index in [9.17, 15) is 0 Å². The van der Waals surface area contributed by atoms with Gasteiger partial charge >= 0.3 is 0 Å². The number of hydrogen-bond acceptors (Lipinski definition) is 3. The summed E-state index contributed by atoms with van der Waals surface area (Å²) in [7, 11) is 1.71. The van der Waals surface area contributed by atoms with Crippen LogP contribution in [0.1, 0.15) is 31.4 Å². The molecule has 0 aromatic heterocycles. The van der Waals surface area contributed by atoms with Crippen molar-refractivity contribution < 1.29 is 4.74 Å². The molecule has 3 nitrogen and oxygen atoms in total. The summed E-state index contributed by atoms with van der Waals surface area (Å²) in [4.78, 5) is 2.52. The molecule has 0 aliphatic carbocycles. The van der Waals surface area contributed by atoms with Gasteiger partial charge < -0.3 is 10.5 Å². The van der Waals surface area contributed by atoms with Crippen LogP contribution in [-0.2, 0) is 0 Å². The summed E-state index contributed by atoms with van der Waals surface area (Å²) in [6.45, 7) is 5.30. The zero-order valence-electron chi connectivity index (χ0n) is 11.4. The summed E-state index contributed by atoms with van der Waals surface area (Å²) in [5.41, 5.74) is 7.26. The lowest BCUT2D eigenvalue weighted by atomic mass is 9.96. The van der Waals surface area contributed by atoms with Crippen LogP contribution >= 0.6 is 0 Å². The van der Waals surface area contributed by atoms with Crippen molar-refractivity contribution in [3.8, 4) is 5.75 Å². The van der Waals surface area contributed by atoms with Gasteiger partial charge in [0, 0.05) is 19.1 Å². The van der Waals surface area contributed by atoms with Crippen molar-refractivity contribution in [1.82, 2.24) is 4.90 Å². The number of piperidine rings is 1. The molecule has 0 bridgehead atoms. The predicted octanol–water partition coefficient (Wildman–Crippen LogP) is 2.43. The number of nitrogens with zero attached hydrogens (tertiary/aromatic N) is 1. The van der Waals surface area contributed by atoms with Crippen molar-refractivity contribution in [1.29, 1.82) is 0 Å². The summed E-state index contributed by atoms with van der Waals surface area (Å²) in [5, 5.41) is 0. The Labute approximate surface area is 110 Å². The van der Waals surface area contributed by atoms with E-state index in [1.54, 1.807) is 7.11 Å². The van der Waals surface area contributed by atoms with Crippen molar-refractivity contribution in [3.63, 3.8) is 0 Å². The Kier molecular flexibility index (Phi) is 4.61. The Morgan fingerprint density at radius 2 is 2.33 bits per heavy atom. The molecular formula is C15H24N2O. The van der Waals surface area contributed by atoms with Crippen LogP contribution in [-0.4, -0.2) is 31.6 Å². The van der Waals surface area contributed by atoms with Crippen LogP contribution < -0.4 is 10.5 Å². The van der Waals surface area contributed by atoms with Gasteiger partial charge in [-0.15, -0.1) is 0 Å². The number of rotatable bonds is 4. The summed E-state index contributed by atoms with van der Waals surface area (Å²) < 4.78 is 5.30. The SMILES string of the molecule is COc1cccc(C(CN)N2CCCC(C)C2)c1. The number of methoxy groups -OCH3 is 1. The highest BCUT2D eigenvalue weighted by atomic mass is 16.5. The lowest BCUT2D eigenvalue weighted by Gasteiger charge is -2.37. The third-order valence-corrected chi connectivity index (χ3v) is 3.83. The first-order valence-corrected chi connectivity index (χ1v) is 6.82. The smallest absolute Gasteiger partial charge is 0.119 e. The summed E-state index contributed by atoms with van der Waals surface area (Å²) in [6, 6.07) is 8.61. The molecule has 0 amide bonds. The minimum atomic E-state index is 0.322. The summed E-state index contributed by atoms with van der Waals surface area (Å²) >= 11 is 0. The van der Waals surface area contributed by atoms with Gasteiger partial charge in [-0.2, -0.15) is 0 Å². The Balaban J connectivity index is 2.16. The lowest BCUT2D eigenvalue weighted by molar-refractivity contribution is 0.133. The van der Waals surface area contributed by atoms with E-state index in [1.807, 2.05) is 12.1 Å². The first kappa shape index (κ1) is 13.4. The maximum absolute atomic E-state index is 5.99. The van der Waals surface area contributed by atoms with Gasteiger partial charge in [-0.05, 0) is 43.0 Å². The Bertz CT molecular complexity index is 381. The van der Waals surface area contributed by atoms with E-state index < -0.39 is 0 Å². The molecular weight excluding hydrogens is 224 g/mol. The van der Waals surface area contributed by atoms with Gasteiger partial charge in [0.15, 0.2) is 0 Å². The molecule has 1 aliphatic rings. The van der Waals surface area contributed by atoms with Gasteiger partial charge in [0.25, 0.3) is 0 Å². The van der Waals surface area contributed by atoms with Crippen LogP contribution in [0.4, 0.5) is 0 Å². The molecule has 2 N–H and O–H groups in total. The Hall–Kier alpha value is -1.06. The fourth-order valence-electron chi connectivity index (χ4n) is 2.85. The van der Waals surface area contributed by atoms with Gasteiger partial charge in [-0.1, -0.05) is 19.1 Å². The fourth-order valence-corrected chi connectivity index (χ4v) is 2.85. The zero-order valence-corrected chi connectivity index (χ0v) is 11.4. The second kappa shape index (κ2) is 6.21. The van der Waals surface area contributed by atoms with Crippen molar-refractivity contribution in [2.45, 2.75) is 25.8 Å². The molecule has 2 atom stereocenters. The fraction of sp³-hybridized carbons (Fsp3) is 0.600. The topological polar surface area (TPSA) is 38.5 Å². The minimum Gasteiger partial charge on any atom is -0.497 e. The molecule has 2 unspecified atom stereocenters. The lowest BCUT2D eigenvalue weighted by Crippen LogP contribution is -2.40. The molecule has 2 rings (SSSR count). The highest BCUT2D eigenvalue weighted by Crippen LogP contribution is 2.27. The largest absolute Gasteiger partial charge is 0.497 e. The molecule has 1 aromatic rings. The Morgan fingerprint density at radius 1 is 1.50 bits per heavy atom. The number of hydrogen-bond donors (Lipinski definition) is 1. The van der Waals surface area contributed by atoms with Gasteiger partial charge in [0.1, 0.15) is 5.75 Å². The highest BCUT2D eigenvalue weighted by molar-refractivity contribution is 5.30. The first-order valence-electron chi connectivity index (χ1n) is 6.82. The normalized spacial score (nSPS) is 22.7. The molecule has 3 heteroatoms. The van der Waals surface area contributed by atoms with Gasteiger partial charge in [0.2, 0.25) is 0 Å². The van der Waals surface area contributed by atoms with E-state index >= 15 is 0 Å². The van der Waals surface area contributed by atoms with Crippen molar-refractivity contribution >= 4 is 0 Å². The van der Waals surface area contributed by atoms with E-state index in [4.69, 9.17) is 10.5 Å². The predicted molar refractivity (Wildman–Crippen MR) is 74.8 cm³/mol. The molecule has 18 heavy (non-hydrogen) atoms. The maximum atomic E-state index is 5.99. The second-order valence-corrected chi connectivity index (χ2v) is 5.27. The van der Waals surface area contributed by atoms with Crippen LogP contribution in [0.3, 0.4) is 0 Å². The molecule has 0 spiro atoms. The molecule has 1 saturated heterocycles. The minimum absolute atomic E-state index is 0.322. The molecule has 0 saturated carbocycles. The van der Waals surface area contributed by atoms with Crippen LogP contribution in [0.25, 0.3) is 0 Å². The number of nitrogens with two attached hydrogens (primary N) is 1. The van der Waals surface area contributed by atoms with E-state index in [2.05, 4.69) is 24.0 Å². The maximum Gasteiger partial charge on any atom is 0.119 e. The Morgan fingerprint density at radius 3 is 3.00 bits per heavy atom. The molecule has 100 valence electrons. The van der Waals surface area contributed by atoms with Crippen LogP contribution in [0.2, 0.25) is 0 Å². The van der Waals surface area contributed by atoms with Crippen LogP contribution in [0, 0.1) is 5.92 Å². The van der Waals surface area contributed by atoms with Crippen LogP contribution in [0.15, 0.2) is 24.3 Å². The first-order chi connectivity index (χ1) is 8.74. The summed E-state index contributed by atoms with van der Waals surface area (Å²) in [5.74, 6) is 1.69. The van der Waals surface area contributed by atoms with Gasteiger partial charge in [-0.25, -0.2) is 0 Å². The number of likely N-dealkylation sites (tertiary alicyclic amines) is 1. The highest BCUT2D eigenvalue weighted by Gasteiger charge is 2.24. The third-order valence-electron chi connectivity index (χ3n) is 3.83. The number of benzene rings is 1. The van der Waals surface area contributed by atoms with Crippen molar-refractivity contribution in [2.75, 3.05) is 26.7 Å². The van der Waals surface area contributed by atoms with Crippen LogP contribution in [0.5, 0.6) is 5.75 Å². The summed E-state index contributed by atoms with van der Waals surface area (Å²) in [6.07, 6.45) is 2.62. The van der Waals surface area contributed by atoms with Gasteiger partial charge in [0.05, 0.1) is 7.11 Å². The van der Waals surface area contributed by atoms with Crippen molar-refractivity contribution in [3.05, 3.63) is 29.8 Å². The van der Waals surface area contributed by atoms with E-state index in [0.717, 1.165) is 24.8 Å². The van der Waals surface area contributed by atoms with E-state index in [0.29, 0.717) is 12.6 Å². The molecule has 1 fully saturated rings. The quantitative estimate of drug-likeness (QED) is 0.889. The second-order valence-electron chi connectivity index (χ2n) is 5.27. The van der Waals surface area contributed by atoms with Gasteiger partial charge in [-0.3, -0.25) is 4.90 Å².